The zero-order valence-corrected chi connectivity index (χ0v) is 8.26. The van der Waals surface area contributed by atoms with E-state index in [2.05, 4.69) is 11.2 Å². The lowest BCUT2D eigenvalue weighted by Gasteiger charge is -2.14. The van der Waals surface area contributed by atoms with E-state index in [-0.39, 0.29) is 11.9 Å². The van der Waals surface area contributed by atoms with Gasteiger partial charge < -0.3 is 5.32 Å². The van der Waals surface area contributed by atoms with Crippen molar-refractivity contribution < 1.29 is 4.39 Å². The average molecular weight is 191 g/mol. The molecule has 1 N–H and O–H groups in total. The summed E-state index contributed by atoms with van der Waals surface area (Å²) in [5.41, 5.74) is 1.07. The minimum atomic E-state index is -0.208. The third-order valence-electron chi connectivity index (χ3n) is 2.20. The van der Waals surface area contributed by atoms with E-state index in [0.717, 1.165) is 18.4 Å². The van der Waals surface area contributed by atoms with E-state index in [0.29, 0.717) is 0 Å². The maximum absolute atomic E-state index is 12.7. The largest absolute Gasteiger partial charge is 0.313 e. The molecule has 0 amide bonds. The van der Waals surface area contributed by atoms with Gasteiger partial charge in [-0.15, -0.1) is 12.3 Å². The first-order valence-electron chi connectivity index (χ1n) is 4.64. The second kappa shape index (κ2) is 5.41. The minimum Gasteiger partial charge on any atom is -0.313 e. The molecule has 0 aliphatic rings. The summed E-state index contributed by atoms with van der Waals surface area (Å²) in [6.07, 6.45) is 6.79. The summed E-state index contributed by atoms with van der Waals surface area (Å²) in [6.45, 7) is 0. The fraction of sp³-hybridized carbons (Fsp3) is 0.333. The Kier molecular flexibility index (Phi) is 4.15. The predicted molar refractivity (Wildman–Crippen MR) is 56.3 cm³/mol. The van der Waals surface area contributed by atoms with Crippen molar-refractivity contribution in [2.75, 3.05) is 7.05 Å². The van der Waals surface area contributed by atoms with Gasteiger partial charge in [-0.3, -0.25) is 0 Å². The first-order valence-corrected chi connectivity index (χ1v) is 4.64. The van der Waals surface area contributed by atoms with Crippen LogP contribution in [0.15, 0.2) is 24.3 Å². The lowest BCUT2D eigenvalue weighted by atomic mass is 10.0. The molecule has 0 saturated carbocycles. The zero-order chi connectivity index (χ0) is 10.4. The van der Waals surface area contributed by atoms with Gasteiger partial charge in [0.25, 0.3) is 0 Å². The van der Waals surface area contributed by atoms with Crippen LogP contribution in [0, 0.1) is 18.2 Å². The molecule has 0 spiro atoms. The van der Waals surface area contributed by atoms with Crippen molar-refractivity contribution in [3.05, 3.63) is 35.6 Å². The lowest BCUT2D eigenvalue weighted by molar-refractivity contribution is 0.555. The van der Waals surface area contributed by atoms with E-state index in [4.69, 9.17) is 6.42 Å². The third kappa shape index (κ3) is 2.86. The summed E-state index contributed by atoms with van der Waals surface area (Å²) in [4.78, 5) is 0. The molecular formula is C12H14FN. The molecule has 1 aromatic carbocycles. The molecule has 0 aliphatic heterocycles. The number of hydrogen-bond donors (Lipinski definition) is 1. The molecule has 1 aromatic rings. The van der Waals surface area contributed by atoms with Crippen molar-refractivity contribution in [1.29, 1.82) is 0 Å². The SMILES string of the molecule is C#CCCC(NC)c1ccc(F)cc1. The predicted octanol–water partition coefficient (Wildman–Crippen LogP) is 2.50. The quantitative estimate of drug-likeness (QED) is 0.721. The van der Waals surface area contributed by atoms with Crippen molar-refractivity contribution in [2.24, 2.45) is 0 Å². The third-order valence-corrected chi connectivity index (χ3v) is 2.20. The molecule has 2 heteroatoms. The van der Waals surface area contributed by atoms with E-state index in [1.165, 1.54) is 12.1 Å². The van der Waals surface area contributed by atoms with Crippen molar-refractivity contribution in [1.82, 2.24) is 5.32 Å². The monoisotopic (exact) mass is 191 g/mol. The molecular weight excluding hydrogens is 177 g/mol. The number of benzene rings is 1. The summed E-state index contributed by atoms with van der Waals surface area (Å²) in [5.74, 6) is 2.39. The average Bonchev–Trinajstić information content (AvgIpc) is 2.21. The molecule has 1 atom stereocenters. The normalized spacial score (nSPS) is 12.1. The highest BCUT2D eigenvalue weighted by Crippen LogP contribution is 2.17. The van der Waals surface area contributed by atoms with Crippen LogP contribution in [0.25, 0.3) is 0 Å². The molecule has 14 heavy (non-hydrogen) atoms. The summed E-state index contributed by atoms with van der Waals surface area (Å²) in [7, 11) is 1.88. The van der Waals surface area contributed by atoms with Crippen molar-refractivity contribution in [3.63, 3.8) is 0 Å². The van der Waals surface area contributed by atoms with Crippen LogP contribution in [0.3, 0.4) is 0 Å². The second-order valence-corrected chi connectivity index (χ2v) is 3.14. The molecule has 0 bridgehead atoms. The van der Waals surface area contributed by atoms with E-state index >= 15 is 0 Å². The van der Waals surface area contributed by atoms with Gasteiger partial charge in [-0.05, 0) is 31.2 Å². The van der Waals surface area contributed by atoms with Gasteiger partial charge in [0.2, 0.25) is 0 Å². The van der Waals surface area contributed by atoms with E-state index < -0.39 is 0 Å². The topological polar surface area (TPSA) is 12.0 Å². The van der Waals surface area contributed by atoms with Gasteiger partial charge in [0.1, 0.15) is 5.82 Å². The molecule has 74 valence electrons. The van der Waals surface area contributed by atoms with E-state index in [1.54, 1.807) is 12.1 Å². The standard InChI is InChI=1S/C12H14FN/c1-3-4-5-12(14-2)10-6-8-11(13)9-7-10/h1,6-9,12,14H,4-5H2,2H3. The maximum Gasteiger partial charge on any atom is 0.123 e. The van der Waals surface area contributed by atoms with Crippen LogP contribution in [0.2, 0.25) is 0 Å². The first kappa shape index (κ1) is 10.7. The number of rotatable bonds is 4. The molecule has 1 nitrogen and oxygen atoms in total. The Bertz CT molecular complexity index is 310. The van der Waals surface area contributed by atoms with Crippen LogP contribution in [0.4, 0.5) is 4.39 Å². The summed E-state index contributed by atoms with van der Waals surface area (Å²) in [6, 6.07) is 6.72. The second-order valence-electron chi connectivity index (χ2n) is 3.14. The van der Waals surface area contributed by atoms with Crippen LogP contribution in [-0.4, -0.2) is 7.05 Å². The molecule has 0 aliphatic carbocycles. The smallest absolute Gasteiger partial charge is 0.123 e. The van der Waals surface area contributed by atoms with Gasteiger partial charge in [0.15, 0.2) is 0 Å². The zero-order valence-electron chi connectivity index (χ0n) is 8.26. The summed E-state index contributed by atoms with van der Waals surface area (Å²) in [5, 5.41) is 3.15. The maximum atomic E-state index is 12.7. The van der Waals surface area contributed by atoms with Crippen molar-refractivity contribution in [3.8, 4) is 12.3 Å². The van der Waals surface area contributed by atoms with Gasteiger partial charge in [0.05, 0.1) is 0 Å². The first-order chi connectivity index (χ1) is 6.77. The van der Waals surface area contributed by atoms with E-state index in [9.17, 15) is 4.39 Å². The van der Waals surface area contributed by atoms with Crippen LogP contribution < -0.4 is 5.32 Å². The minimum absolute atomic E-state index is 0.208. The molecule has 1 rings (SSSR count). The van der Waals surface area contributed by atoms with Gasteiger partial charge in [-0.2, -0.15) is 0 Å². The Morgan fingerprint density at radius 3 is 2.57 bits per heavy atom. The fourth-order valence-corrected chi connectivity index (χ4v) is 1.40. The van der Waals surface area contributed by atoms with Crippen LogP contribution in [0.5, 0.6) is 0 Å². The Morgan fingerprint density at radius 2 is 2.07 bits per heavy atom. The van der Waals surface area contributed by atoms with Crippen molar-refractivity contribution in [2.45, 2.75) is 18.9 Å². The number of halogens is 1. The van der Waals surface area contributed by atoms with Gasteiger partial charge in [-0.25, -0.2) is 4.39 Å². The summed E-state index contributed by atoms with van der Waals surface area (Å²) < 4.78 is 12.7. The molecule has 0 heterocycles. The van der Waals surface area contributed by atoms with Gasteiger partial charge in [0, 0.05) is 12.5 Å². The molecule has 1 unspecified atom stereocenters. The lowest BCUT2D eigenvalue weighted by Crippen LogP contribution is -2.15. The fourth-order valence-electron chi connectivity index (χ4n) is 1.40. The Morgan fingerprint density at radius 1 is 1.43 bits per heavy atom. The highest BCUT2D eigenvalue weighted by Gasteiger charge is 2.07. The van der Waals surface area contributed by atoms with Gasteiger partial charge in [-0.1, -0.05) is 12.1 Å². The molecule has 0 saturated heterocycles. The Hall–Kier alpha value is -1.33. The van der Waals surface area contributed by atoms with E-state index in [1.807, 2.05) is 7.05 Å². The van der Waals surface area contributed by atoms with Gasteiger partial charge >= 0.3 is 0 Å². The van der Waals surface area contributed by atoms with Crippen molar-refractivity contribution >= 4 is 0 Å². The van der Waals surface area contributed by atoms with Crippen LogP contribution in [-0.2, 0) is 0 Å². The molecule has 0 aromatic heterocycles. The highest BCUT2D eigenvalue weighted by molar-refractivity contribution is 5.20. The Labute approximate surface area is 84.3 Å². The molecule has 0 fully saturated rings. The highest BCUT2D eigenvalue weighted by atomic mass is 19.1. The Balaban J connectivity index is 2.69. The summed E-state index contributed by atoms with van der Waals surface area (Å²) >= 11 is 0. The molecule has 0 radical (unpaired) electrons. The van der Waals surface area contributed by atoms with Crippen LogP contribution in [0.1, 0.15) is 24.4 Å². The number of nitrogens with one attached hydrogen (secondary N) is 1. The number of hydrogen-bond acceptors (Lipinski definition) is 1. The number of terminal acetylenes is 1. The van der Waals surface area contributed by atoms with Crippen LogP contribution >= 0.6 is 0 Å².